The molecule has 0 aliphatic rings. The van der Waals surface area contributed by atoms with Crippen LogP contribution in [-0.4, -0.2) is 16.1 Å². The molecule has 0 aliphatic carbocycles. The Bertz CT molecular complexity index is 933. The molecule has 5 nitrogen and oxygen atoms in total. The van der Waals surface area contributed by atoms with E-state index in [-0.39, 0.29) is 5.56 Å². The maximum Gasteiger partial charge on any atom is 0.337 e. The first-order valence-electron chi connectivity index (χ1n) is 7.16. The van der Waals surface area contributed by atoms with E-state index in [9.17, 15) is 9.90 Å². The Morgan fingerprint density at radius 2 is 1.74 bits per heavy atom. The number of aryl methyl sites for hydroxylation is 2. The number of carboxylic acids is 1. The van der Waals surface area contributed by atoms with Crippen LogP contribution in [0.5, 0.6) is 0 Å². The molecule has 0 bridgehead atoms. The highest BCUT2D eigenvalue weighted by Crippen LogP contribution is 2.26. The van der Waals surface area contributed by atoms with E-state index in [1.54, 1.807) is 18.2 Å². The molecule has 0 saturated heterocycles. The van der Waals surface area contributed by atoms with Crippen LogP contribution in [0, 0.1) is 13.8 Å². The largest absolute Gasteiger partial charge is 0.478 e. The summed E-state index contributed by atoms with van der Waals surface area (Å²) in [7, 11) is 0. The van der Waals surface area contributed by atoms with Crippen molar-refractivity contribution in [1.82, 2.24) is 4.98 Å². The summed E-state index contributed by atoms with van der Waals surface area (Å²) >= 11 is 0. The minimum Gasteiger partial charge on any atom is -0.478 e. The Balaban J connectivity index is 2.01. The number of carboxylic acid groups (broad SMARTS) is 1. The topological polar surface area (TPSA) is 74.9 Å². The third-order valence-electron chi connectivity index (χ3n) is 3.69. The molecule has 3 aromatic rings. The lowest BCUT2D eigenvalue weighted by Gasteiger charge is -2.05. The first kappa shape index (κ1) is 14.8. The van der Waals surface area contributed by atoms with Gasteiger partial charge in [0.05, 0.1) is 11.1 Å². The smallest absolute Gasteiger partial charge is 0.337 e. The number of carbonyl (C=O) groups is 1. The molecule has 0 unspecified atom stereocenters. The van der Waals surface area contributed by atoms with Gasteiger partial charge >= 0.3 is 5.97 Å². The molecule has 5 heteroatoms. The molecule has 2 aromatic carbocycles. The number of hydrogen-bond acceptors (Lipinski definition) is 4. The monoisotopic (exact) mass is 305 g/mol. The fraction of sp³-hybridized carbons (Fsp3) is 0.111. The summed E-state index contributed by atoms with van der Waals surface area (Å²) in [4.78, 5) is 15.8. The first-order chi connectivity index (χ1) is 11.0. The van der Waals surface area contributed by atoms with Gasteiger partial charge in [0.2, 0.25) is 0 Å². The predicted molar refractivity (Wildman–Crippen MR) is 88.8 cm³/mol. The normalized spacial score (nSPS) is 11.2. The minimum absolute atomic E-state index is 0.137. The zero-order valence-electron chi connectivity index (χ0n) is 12.8. The van der Waals surface area contributed by atoms with Crippen LogP contribution in [0.2, 0.25) is 0 Å². The van der Waals surface area contributed by atoms with Crippen molar-refractivity contribution in [3.05, 3.63) is 65.2 Å². The summed E-state index contributed by atoms with van der Waals surface area (Å²) in [5, 5.41) is 18.5. The second kappa shape index (κ2) is 5.96. The molecule has 0 saturated carbocycles. The van der Waals surface area contributed by atoms with E-state index in [0.717, 1.165) is 22.0 Å². The average Bonchev–Trinajstić information content (AvgIpc) is 2.55. The van der Waals surface area contributed by atoms with Gasteiger partial charge in [-0.25, -0.2) is 9.78 Å². The second-order valence-electron chi connectivity index (χ2n) is 5.32. The van der Waals surface area contributed by atoms with Crippen LogP contribution in [0.1, 0.15) is 21.5 Å². The van der Waals surface area contributed by atoms with E-state index in [2.05, 4.69) is 15.2 Å². The fourth-order valence-corrected chi connectivity index (χ4v) is 2.27. The molecular weight excluding hydrogens is 290 g/mol. The van der Waals surface area contributed by atoms with Crippen LogP contribution in [0.15, 0.2) is 58.8 Å². The first-order valence-corrected chi connectivity index (χ1v) is 7.16. The summed E-state index contributed by atoms with van der Waals surface area (Å²) in [5.74, 6) is -0.577. The van der Waals surface area contributed by atoms with E-state index in [4.69, 9.17) is 0 Å². The van der Waals surface area contributed by atoms with Crippen molar-refractivity contribution in [3.8, 4) is 0 Å². The van der Waals surface area contributed by atoms with Crippen LogP contribution in [-0.2, 0) is 0 Å². The van der Waals surface area contributed by atoms with Crippen molar-refractivity contribution >= 4 is 28.4 Å². The Hall–Kier alpha value is -3.08. The van der Waals surface area contributed by atoms with Crippen LogP contribution in [0.25, 0.3) is 10.9 Å². The van der Waals surface area contributed by atoms with E-state index in [0.29, 0.717) is 11.5 Å². The lowest BCUT2D eigenvalue weighted by Crippen LogP contribution is -1.98. The highest BCUT2D eigenvalue weighted by atomic mass is 16.4. The Labute approximate surface area is 133 Å². The molecular formula is C18H15N3O2. The summed E-state index contributed by atoms with van der Waals surface area (Å²) in [5.41, 5.74) is 3.16. The third kappa shape index (κ3) is 3.08. The number of aromatic carboxylic acids is 1. The number of nitrogens with zero attached hydrogens (tertiary/aromatic N) is 3. The molecule has 0 aliphatic heterocycles. The van der Waals surface area contributed by atoms with Gasteiger partial charge in [-0.3, -0.25) is 0 Å². The van der Waals surface area contributed by atoms with E-state index >= 15 is 0 Å². The summed E-state index contributed by atoms with van der Waals surface area (Å²) < 4.78 is 0. The van der Waals surface area contributed by atoms with Gasteiger partial charge in [-0.05, 0) is 55.3 Å². The SMILES string of the molecule is Cc1cc(N=Nc2ccc3ccccc3n2)c(C(=O)O)cc1C. The Kier molecular flexibility index (Phi) is 3.85. The van der Waals surface area contributed by atoms with Gasteiger partial charge in [-0.2, -0.15) is 0 Å². The molecule has 0 fully saturated rings. The second-order valence-corrected chi connectivity index (χ2v) is 5.32. The lowest BCUT2D eigenvalue weighted by atomic mass is 10.0. The fourth-order valence-electron chi connectivity index (χ4n) is 2.27. The van der Waals surface area contributed by atoms with Crippen molar-refractivity contribution in [1.29, 1.82) is 0 Å². The van der Waals surface area contributed by atoms with Gasteiger partial charge in [0.15, 0.2) is 5.82 Å². The average molecular weight is 305 g/mol. The summed E-state index contributed by atoms with van der Waals surface area (Å²) in [6, 6.07) is 14.7. The zero-order valence-corrected chi connectivity index (χ0v) is 12.8. The highest BCUT2D eigenvalue weighted by molar-refractivity contribution is 5.93. The minimum atomic E-state index is -1.02. The molecule has 0 atom stereocenters. The van der Waals surface area contributed by atoms with Crippen LogP contribution in [0.3, 0.4) is 0 Å². The summed E-state index contributed by atoms with van der Waals surface area (Å²) in [6.45, 7) is 3.78. The van der Waals surface area contributed by atoms with Gasteiger partial charge < -0.3 is 5.11 Å². The van der Waals surface area contributed by atoms with Gasteiger partial charge in [0.25, 0.3) is 0 Å². The van der Waals surface area contributed by atoms with Gasteiger partial charge in [0, 0.05) is 5.39 Å². The Morgan fingerprint density at radius 1 is 1.00 bits per heavy atom. The maximum absolute atomic E-state index is 11.4. The molecule has 23 heavy (non-hydrogen) atoms. The number of aromatic nitrogens is 1. The van der Waals surface area contributed by atoms with Crippen LogP contribution >= 0.6 is 0 Å². The molecule has 0 amide bonds. The zero-order chi connectivity index (χ0) is 16.4. The standard InChI is InChI=1S/C18H15N3O2/c1-11-9-14(18(22)23)16(10-12(11)2)20-21-17-8-7-13-5-3-4-6-15(13)19-17/h3-10H,1-2H3,(H,22,23). The van der Waals surface area contributed by atoms with Gasteiger partial charge in [-0.15, -0.1) is 10.2 Å². The number of azo groups is 1. The maximum atomic E-state index is 11.4. The van der Waals surface area contributed by atoms with Crippen molar-refractivity contribution < 1.29 is 9.90 Å². The molecule has 1 aromatic heterocycles. The van der Waals surface area contributed by atoms with Gasteiger partial charge in [0.1, 0.15) is 5.69 Å². The number of benzene rings is 2. The number of fused-ring (bicyclic) bond motifs is 1. The Morgan fingerprint density at radius 3 is 2.52 bits per heavy atom. The summed E-state index contributed by atoms with van der Waals surface area (Å²) in [6.07, 6.45) is 0. The molecule has 0 radical (unpaired) electrons. The third-order valence-corrected chi connectivity index (χ3v) is 3.69. The van der Waals surface area contributed by atoms with Crippen LogP contribution < -0.4 is 0 Å². The molecule has 1 N–H and O–H groups in total. The van der Waals surface area contributed by atoms with Crippen LogP contribution in [0.4, 0.5) is 11.5 Å². The quantitative estimate of drug-likeness (QED) is 0.694. The highest BCUT2D eigenvalue weighted by Gasteiger charge is 2.11. The molecule has 1 heterocycles. The van der Waals surface area contributed by atoms with Gasteiger partial charge in [-0.1, -0.05) is 18.2 Å². The van der Waals surface area contributed by atoms with Crippen molar-refractivity contribution in [2.75, 3.05) is 0 Å². The molecule has 0 spiro atoms. The van der Waals surface area contributed by atoms with Crippen molar-refractivity contribution in [2.45, 2.75) is 13.8 Å². The number of para-hydroxylation sites is 1. The number of hydrogen-bond donors (Lipinski definition) is 1. The molecule has 3 rings (SSSR count). The van der Waals surface area contributed by atoms with Crippen molar-refractivity contribution in [3.63, 3.8) is 0 Å². The predicted octanol–water partition coefficient (Wildman–Crippen LogP) is 4.97. The van der Waals surface area contributed by atoms with E-state index < -0.39 is 5.97 Å². The molecule has 114 valence electrons. The van der Waals surface area contributed by atoms with E-state index in [1.165, 1.54) is 0 Å². The number of pyridine rings is 1. The van der Waals surface area contributed by atoms with Crippen molar-refractivity contribution in [2.24, 2.45) is 10.2 Å². The van der Waals surface area contributed by atoms with E-state index in [1.807, 2.05) is 44.2 Å². The number of rotatable bonds is 3. The lowest BCUT2D eigenvalue weighted by molar-refractivity contribution is 0.0697.